The summed E-state index contributed by atoms with van der Waals surface area (Å²) in [6.07, 6.45) is -12.6. The molecule has 0 heterocycles. The van der Waals surface area contributed by atoms with Crippen LogP contribution in [0.2, 0.25) is 0 Å². The van der Waals surface area contributed by atoms with Gasteiger partial charge in [0.25, 0.3) is 5.91 Å². The molecule has 0 fully saturated rings. The second kappa shape index (κ2) is 8.71. The highest BCUT2D eigenvalue weighted by Crippen LogP contribution is 2.53. The van der Waals surface area contributed by atoms with E-state index in [0.29, 0.717) is 12.1 Å². The highest BCUT2D eigenvalue weighted by atomic mass is 19.4. The average Bonchev–Trinajstić information content (AvgIpc) is 2.68. The second-order valence-electron chi connectivity index (χ2n) is 6.93. The number of amides is 2. The Bertz CT molecular complexity index is 1070. The maximum absolute atomic E-state index is 14.3. The maximum Gasteiger partial charge on any atom is 0.435 e. The summed E-state index contributed by atoms with van der Waals surface area (Å²) < 4.78 is 92.5. The maximum atomic E-state index is 14.3. The molecular formula is C20H15F7N2O4. The van der Waals surface area contributed by atoms with Crippen molar-refractivity contribution >= 4 is 29.2 Å². The Kier molecular flexibility index (Phi) is 6.76. The molecule has 0 aliphatic rings. The summed E-state index contributed by atoms with van der Waals surface area (Å²) in [6, 6.07) is 5.59. The summed E-state index contributed by atoms with van der Waals surface area (Å²) >= 11 is 0. The number of carboxylic acids is 1. The Hall–Kier alpha value is -3.64. The van der Waals surface area contributed by atoms with E-state index in [1.54, 1.807) is 0 Å². The molecule has 0 aromatic heterocycles. The predicted octanol–water partition coefficient (Wildman–Crippen LogP) is 4.87. The number of nitrogens with one attached hydrogen (secondary N) is 2. The Balaban J connectivity index is 2.40. The van der Waals surface area contributed by atoms with Gasteiger partial charge in [-0.25, -0.2) is 9.18 Å². The van der Waals surface area contributed by atoms with Gasteiger partial charge < -0.3 is 15.7 Å². The standard InChI is InChI=1S/C20H15F7N2O4/c1-9-6-12(18(21,19(22,23)24)20(25,26)27)7-10(2)14(9)29-15(30)11-4-3-5-13(8-11)28-16(31)17(32)33/h3-8H,1-2H3,(H,28,31)(H,29,30)(H,32,33). The van der Waals surface area contributed by atoms with Gasteiger partial charge in [-0.1, -0.05) is 18.2 Å². The van der Waals surface area contributed by atoms with Crippen molar-refractivity contribution in [1.82, 2.24) is 0 Å². The predicted molar refractivity (Wildman–Crippen MR) is 101 cm³/mol. The van der Waals surface area contributed by atoms with Gasteiger partial charge in [0, 0.05) is 22.5 Å². The van der Waals surface area contributed by atoms with E-state index >= 15 is 0 Å². The molecular weight excluding hydrogens is 465 g/mol. The first-order valence-corrected chi connectivity index (χ1v) is 8.88. The van der Waals surface area contributed by atoms with Gasteiger partial charge in [-0.05, 0) is 43.2 Å². The summed E-state index contributed by atoms with van der Waals surface area (Å²) in [7, 11) is 0. The van der Waals surface area contributed by atoms with E-state index < -0.39 is 41.4 Å². The van der Waals surface area contributed by atoms with Gasteiger partial charge in [-0.15, -0.1) is 0 Å². The normalized spacial score (nSPS) is 12.3. The molecule has 2 aromatic carbocycles. The first kappa shape index (κ1) is 25.6. The van der Waals surface area contributed by atoms with Crippen molar-refractivity contribution in [2.75, 3.05) is 10.6 Å². The molecule has 6 nitrogen and oxygen atoms in total. The SMILES string of the molecule is Cc1cc(C(F)(C(F)(F)F)C(F)(F)F)cc(C)c1NC(=O)c1cccc(NC(=O)C(=O)O)c1. The average molecular weight is 480 g/mol. The van der Waals surface area contributed by atoms with Crippen molar-refractivity contribution in [3.05, 3.63) is 58.7 Å². The number of hydrogen-bond donors (Lipinski definition) is 3. The van der Waals surface area contributed by atoms with Crippen molar-refractivity contribution in [2.24, 2.45) is 0 Å². The third-order valence-corrected chi connectivity index (χ3v) is 4.53. The number of aryl methyl sites for hydroxylation is 2. The van der Waals surface area contributed by atoms with Crippen molar-refractivity contribution in [3.8, 4) is 0 Å². The third kappa shape index (κ3) is 5.07. The molecule has 0 saturated heterocycles. The van der Waals surface area contributed by atoms with Crippen LogP contribution in [0.1, 0.15) is 27.0 Å². The Morgan fingerprint density at radius 1 is 0.818 bits per heavy atom. The van der Waals surface area contributed by atoms with E-state index in [9.17, 15) is 45.1 Å². The summed E-state index contributed by atoms with van der Waals surface area (Å²) in [5.41, 5.74) is -8.19. The number of alkyl halides is 7. The van der Waals surface area contributed by atoms with E-state index in [2.05, 4.69) is 5.32 Å². The molecule has 0 aliphatic heterocycles. The van der Waals surface area contributed by atoms with E-state index in [1.807, 2.05) is 5.32 Å². The zero-order valence-corrected chi connectivity index (χ0v) is 16.8. The summed E-state index contributed by atoms with van der Waals surface area (Å²) in [6.45, 7) is 2.17. The van der Waals surface area contributed by atoms with Gasteiger partial charge in [0.15, 0.2) is 0 Å². The van der Waals surface area contributed by atoms with Crippen molar-refractivity contribution in [1.29, 1.82) is 0 Å². The zero-order valence-electron chi connectivity index (χ0n) is 16.8. The van der Waals surface area contributed by atoms with Crippen LogP contribution in [0.25, 0.3) is 0 Å². The van der Waals surface area contributed by atoms with Crippen molar-refractivity contribution < 1.29 is 50.2 Å². The minimum atomic E-state index is -6.28. The fraction of sp³-hybridized carbons (Fsp3) is 0.250. The molecule has 0 unspecified atom stereocenters. The molecule has 0 atom stereocenters. The lowest BCUT2D eigenvalue weighted by Gasteiger charge is -2.31. The van der Waals surface area contributed by atoms with E-state index in [0.717, 1.165) is 19.9 Å². The lowest BCUT2D eigenvalue weighted by molar-refractivity contribution is -0.348. The second-order valence-corrected chi connectivity index (χ2v) is 6.93. The number of aliphatic carboxylic acids is 1. The lowest BCUT2D eigenvalue weighted by atomic mass is 9.90. The minimum absolute atomic E-state index is 0.0589. The quantitative estimate of drug-likeness (QED) is 0.430. The van der Waals surface area contributed by atoms with Crippen LogP contribution in [-0.2, 0) is 15.3 Å². The number of rotatable bonds is 4. The topological polar surface area (TPSA) is 95.5 Å². The molecule has 2 rings (SSSR count). The first-order chi connectivity index (χ1) is 15.0. The molecule has 0 bridgehead atoms. The molecule has 2 aromatic rings. The molecule has 178 valence electrons. The van der Waals surface area contributed by atoms with Crippen LogP contribution in [0, 0.1) is 13.8 Å². The van der Waals surface area contributed by atoms with E-state index in [-0.39, 0.29) is 28.1 Å². The highest BCUT2D eigenvalue weighted by molar-refractivity contribution is 6.36. The number of anilines is 2. The third-order valence-electron chi connectivity index (χ3n) is 4.53. The van der Waals surface area contributed by atoms with Crippen LogP contribution in [0.3, 0.4) is 0 Å². The fourth-order valence-electron chi connectivity index (χ4n) is 2.96. The summed E-state index contributed by atoms with van der Waals surface area (Å²) in [4.78, 5) is 34.3. The van der Waals surface area contributed by atoms with Gasteiger partial charge >= 0.3 is 29.9 Å². The Labute approximate surface area is 181 Å². The van der Waals surface area contributed by atoms with Crippen molar-refractivity contribution in [2.45, 2.75) is 31.9 Å². The van der Waals surface area contributed by atoms with Crippen LogP contribution in [0.4, 0.5) is 42.1 Å². The monoisotopic (exact) mass is 480 g/mol. The van der Waals surface area contributed by atoms with Gasteiger partial charge in [0.05, 0.1) is 0 Å². The number of carbonyl (C=O) groups excluding carboxylic acids is 2. The largest absolute Gasteiger partial charge is 0.474 e. The minimum Gasteiger partial charge on any atom is -0.474 e. The summed E-state index contributed by atoms with van der Waals surface area (Å²) in [5.74, 6) is -4.03. The van der Waals surface area contributed by atoms with Gasteiger partial charge in [-0.3, -0.25) is 9.59 Å². The lowest BCUT2D eigenvalue weighted by Crippen LogP contribution is -2.50. The zero-order chi connectivity index (χ0) is 25.4. The molecule has 0 spiro atoms. The molecule has 0 saturated carbocycles. The smallest absolute Gasteiger partial charge is 0.435 e. The molecule has 33 heavy (non-hydrogen) atoms. The Morgan fingerprint density at radius 2 is 1.33 bits per heavy atom. The van der Waals surface area contributed by atoms with Crippen LogP contribution in [0.5, 0.6) is 0 Å². The highest BCUT2D eigenvalue weighted by Gasteiger charge is 2.73. The van der Waals surface area contributed by atoms with Crippen LogP contribution >= 0.6 is 0 Å². The van der Waals surface area contributed by atoms with Crippen LogP contribution in [0.15, 0.2) is 36.4 Å². The number of carbonyl (C=O) groups is 3. The van der Waals surface area contributed by atoms with Gasteiger partial charge in [0.2, 0.25) is 0 Å². The Morgan fingerprint density at radius 3 is 1.79 bits per heavy atom. The number of halogens is 7. The first-order valence-electron chi connectivity index (χ1n) is 8.88. The van der Waals surface area contributed by atoms with Crippen molar-refractivity contribution in [3.63, 3.8) is 0 Å². The van der Waals surface area contributed by atoms with Gasteiger partial charge in [0.1, 0.15) is 0 Å². The number of hydrogen-bond acceptors (Lipinski definition) is 3. The molecule has 2 amide bonds. The summed E-state index contributed by atoms with van der Waals surface area (Å²) in [5, 5.41) is 12.9. The molecule has 0 aliphatic carbocycles. The van der Waals surface area contributed by atoms with Gasteiger partial charge in [-0.2, -0.15) is 26.3 Å². The molecule has 13 heteroatoms. The number of carboxylic acid groups (broad SMARTS) is 1. The molecule has 3 N–H and O–H groups in total. The van der Waals surface area contributed by atoms with Crippen LogP contribution in [-0.4, -0.2) is 35.2 Å². The number of benzene rings is 2. The van der Waals surface area contributed by atoms with Crippen LogP contribution < -0.4 is 10.6 Å². The fourth-order valence-corrected chi connectivity index (χ4v) is 2.96. The molecule has 0 radical (unpaired) electrons. The van der Waals surface area contributed by atoms with E-state index in [1.165, 1.54) is 18.2 Å². The van der Waals surface area contributed by atoms with E-state index in [4.69, 9.17) is 5.11 Å².